The van der Waals surface area contributed by atoms with Crippen molar-refractivity contribution in [1.29, 1.82) is 0 Å². The van der Waals surface area contributed by atoms with Crippen LogP contribution >= 0.6 is 0 Å². The number of amides is 1. The topological polar surface area (TPSA) is 57.2 Å². The Morgan fingerprint density at radius 1 is 1.00 bits per heavy atom. The van der Waals surface area contributed by atoms with Crippen molar-refractivity contribution in [2.75, 3.05) is 32.3 Å². The van der Waals surface area contributed by atoms with Gasteiger partial charge in [-0.05, 0) is 49.1 Å². The van der Waals surface area contributed by atoms with Crippen LogP contribution in [0.3, 0.4) is 0 Å². The Balaban J connectivity index is 1.79. The van der Waals surface area contributed by atoms with Crippen LogP contribution in [-0.4, -0.2) is 33.3 Å². The average Bonchev–Trinajstić information content (AvgIpc) is 2.95. The summed E-state index contributed by atoms with van der Waals surface area (Å²) < 4.78 is 22.7. The summed E-state index contributed by atoms with van der Waals surface area (Å²) in [5, 5.41) is 0. The van der Waals surface area contributed by atoms with Gasteiger partial charge in [-0.3, -0.25) is 4.79 Å². The quantitative estimate of drug-likeness (QED) is 0.809. The SMILES string of the molecule is COc1ccc(CN2C(=O)C3(OCCCO3)c3c(C)ccc(C)c32)cc1OC. The number of methoxy groups -OCH3 is 2. The normalized spacial score (nSPS) is 17.7. The van der Waals surface area contributed by atoms with E-state index in [1.165, 1.54) is 0 Å². The molecule has 2 heterocycles. The molecule has 0 N–H and O–H groups in total. The number of nitrogens with zero attached hydrogens (tertiary/aromatic N) is 1. The average molecular weight is 383 g/mol. The molecule has 0 aromatic heterocycles. The van der Waals surface area contributed by atoms with Crippen LogP contribution < -0.4 is 14.4 Å². The summed E-state index contributed by atoms with van der Waals surface area (Å²) in [7, 11) is 3.20. The molecule has 0 unspecified atom stereocenters. The molecule has 1 spiro atoms. The van der Waals surface area contributed by atoms with Crippen LogP contribution in [0.15, 0.2) is 30.3 Å². The highest BCUT2D eigenvalue weighted by Crippen LogP contribution is 2.49. The summed E-state index contributed by atoms with van der Waals surface area (Å²) in [5.41, 5.74) is 4.65. The Morgan fingerprint density at radius 3 is 2.36 bits per heavy atom. The second kappa shape index (κ2) is 7.11. The summed E-state index contributed by atoms with van der Waals surface area (Å²) in [6.45, 7) is 5.40. The summed E-state index contributed by atoms with van der Waals surface area (Å²) in [4.78, 5) is 15.3. The van der Waals surface area contributed by atoms with Crippen LogP contribution in [0.2, 0.25) is 0 Å². The van der Waals surface area contributed by atoms with Crippen LogP contribution in [0.1, 0.15) is 28.7 Å². The van der Waals surface area contributed by atoms with Gasteiger partial charge in [0.1, 0.15) is 0 Å². The summed E-state index contributed by atoms with van der Waals surface area (Å²) in [5.74, 6) is -0.218. The van der Waals surface area contributed by atoms with E-state index in [0.29, 0.717) is 31.3 Å². The van der Waals surface area contributed by atoms with Gasteiger partial charge in [0, 0.05) is 5.56 Å². The van der Waals surface area contributed by atoms with Crippen molar-refractivity contribution in [2.45, 2.75) is 32.6 Å². The third-order valence-electron chi connectivity index (χ3n) is 5.40. The number of hydrogen-bond acceptors (Lipinski definition) is 5. The van der Waals surface area contributed by atoms with E-state index in [2.05, 4.69) is 0 Å². The van der Waals surface area contributed by atoms with Gasteiger partial charge >= 0.3 is 0 Å². The van der Waals surface area contributed by atoms with E-state index in [4.69, 9.17) is 18.9 Å². The molecule has 28 heavy (non-hydrogen) atoms. The van der Waals surface area contributed by atoms with E-state index < -0.39 is 5.79 Å². The number of hydrogen-bond donors (Lipinski definition) is 0. The smallest absolute Gasteiger partial charge is 0.292 e. The number of rotatable bonds is 4. The fourth-order valence-electron chi connectivity index (χ4n) is 4.06. The Kier molecular flexibility index (Phi) is 4.77. The lowest BCUT2D eigenvalue weighted by Crippen LogP contribution is -2.47. The summed E-state index contributed by atoms with van der Waals surface area (Å²) >= 11 is 0. The molecule has 4 rings (SSSR count). The monoisotopic (exact) mass is 383 g/mol. The molecule has 148 valence electrons. The number of aryl methyl sites for hydroxylation is 2. The van der Waals surface area contributed by atoms with Gasteiger partial charge in [0.05, 0.1) is 39.7 Å². The lowest BCUT2D eigenvalue weighted by atomic mass is 9.97. The molecule has 2 aliphatic heterocycles. The van der Waals surface area contributed by atoms with Crippen molar-refractivity contribution in [2.24, 2.45) is 0 Å². The molecule has 1 saturated heterocycles. The molecule has 0 saturated carbocycles. The first kappa shape index (κ1) is 18.8. The number of carbonyl (C=O) groups is 1. The third-order valence-corrected chi connectivity index (χ3v) is 5.40. The highest BCUT2D eigenvalue weighted by Gasteiger charge is 2.56. The van der Waals surface area contributed by atoms with Gasteiger partial charge in [-0.25, -0.2) is 0 Å². The van der Waals surface area contributed by atoms with Crippen LogP contribution in [0.4, 0.5) is 5.69 Å². The number of ether oxygens (including phenoxy) is 4. The highest BCUT2D eigenvalue weighted by molar-refractivity contribution is 6.07. The van der Waals surface area contributed by atoms with Crippen molar-refractivity contribution in [3.8, 4) is 11.5 Å². The zero-order chi connectivity index (χ0) is 19.9. The Morgan fingerprint density at radius 2 is 1.68 bits per heavy atom. The maximum atomic E-state index is 13.5. The predicted octanol–water partition coefficient (Wildman–Crippen LogP) is 3.46. The molecule has 0 atom stereocenters. The molecular weight excluding hydrogens is 358 g/mol. The van der Waals surface area contributed by atoms with Gasteiger partial charge in [0.25, 0.3) is 11.7 Å². The van der Waals surface area contributed by atoms with Gasteiger partial charge in [-0.1, -0.05) is 18.2 Å². The Labute approximate surface area is 165 Å². The zero-order valence-corrected chi connectivity index (χ0v) is 16.7. The van der Waals surface area contributed by atoms with Gasteiger partial charge < -0.3 is 23.8 Å². The first-order valence-electron chi connectivity index (χ1n) is 9.43. The lowest BCUT2D eigenvalue weighted by Gasteiger charge is -2.33. The van der Waals surface area contributed by atoms with Gasteiger partial charge in [0.15, 0.2) is 11.5 Å². The van der Waals surface area contributed by atoms with E-state index in [9.17, 15) is 4.79 Å². The first-order valence-corrected chi connectivity index (χ1v) is 9.43. The fourth-order valence-corrected chi connectivity index (χ4v) is 4.06. The van der Waals surface area contributed by atoms with Crippen LogP contribution in [0, 0.1) is 13.8 Å². The highest BCUT2D eigenvalue weighted by atomic mass is 16.7. The van der Waals surface area contributed by atoms with E-state index in [1.54, 1.807) is 19.1 Å². The Hall–Kier alpha value is -2.57. The lowest BCUT2D eigenvalue weighted by molar-refractivity contribution is -0.257. The summed E-state index contributed by atoms with van der Waals surface area (Å²) in [6, 6.07) is 9.73. The van der Waals surface area contributed by atoms with Crippen molar-refractivity contribution in [3.63, 3.8) is 0 Å². The van der Waals surface area contributed by atoms with Crippen LogP contribution in [-0.2, 0) is 26.6 Å². The molecule has 2 aliphatic rings. The van der Waals surface area contributed by atoms with E-state index >= 15 is 0 Å². The second-order valence-corrected chi connectivity index (χ2v) is 7.17. The van der Waals surface area contributed by atoms with E-state index in [0.717, 1.165) is 34.4 Å². The number of benzene rings is 2. The van der Waals surface area contributed by atoms with Crippen molar-refractivity contribution in [3.05, 3.63) is 52.6 Å². The second-order valence-electron chi connectivity index (χ2n) is 7.17. The molecule has 2 aromatic carbocycles. The third kappa shape index (κ3) is 2.75. The minimum Gasteiger partial charge on any atom is -0.493 e. The van der Waals surface area contributed by atoms with Crippen LogP contribution in [0.5, 0.6) is 11.5 Å². The van der Waals surface area contributed by atoms with Crippen LogP contribution in [0.25, 0.3) is 0 Å². The molecular formula is C22H25NO5. The van der Waals surface area contributed by atoms with Crippen molar-refractivity contribution >= 4 is 11.6 Å². The Bertz CT molecular complexity index is 917. The zero-order valence-electron chi connectivity index (χ0n) is 16.7. The summed E-state index contributed by atoms with van der Waals surface area (Å²) in [6.07, 6.45) is 0.783. The molecule has 2 aromatic rings. The van der Waals surface area contributed by atoms with Gasteiger partial charge in [-0.2, -0.15) is 0 Å². The predicted molar refractivity (Wildman–Crippen MR) is 105 cm³/mol. The molecule has 0 aliphatic carbocycles. The molecule has 6 nitrogen and oxygen atoms in total. The number of carbonyl (C=O) groups excluding carboxylic acids is 1. The van der Waals surface area contributed by atoms with Gasteiger partial charge in [0.2, 0.25) is 0 Å². The minimum absolute atomic E-state index is 0.172. The van der Waals surface area contributed by atoms with Gasteiger partial charge in [-0.15, -0.1) is 0 Å². The minimum atomic E-state index is -1.33. The first-order chi connectivity index (χ1) is 13.5. The largest absolute Gasteiger partial charge is 0.493 e. The van der Waals surface area contributed by atoms with Crippen molar-refractivity contribution < 1.29 is 23.7 Å². The van der Waals surface area contributed by atoms with E-state index in [-0.39, 0.29) is 5.91 Å². The standard InChI is InChI=1S/C22H25NO5/c1-14-6-7-15(2)20-19(14)22(27-10-5-11-28-22)21(24)23(20)13-16-8-9-17(25-3)18(12-16)26-4/h6-9,12H,5,10-11,13H2,1-4H3. The van der Waals surface area contributed by atoms with E-state index in [1.807, 2.05) is 44.2 Å². The molecule has 1 fully saturated rings. The molecule has 0 radical (unpaired) electrons. The fraction of sp³-hybridized carbons (Fsp3) is 0.409. The van der Waals surface area contributed by atoms with Crippen molar-refractivity contribution in [1.82, 2.24) is 0 Å². The molecule has 1 amide bonds. The number of fused-ring (bicyclic) bond motifs is 2. The molecule has 0 bridgehead atoms. The maximum absolute atomic E-state index is 13.5. The number of anilines is 1. The maximum Gasteiger partial charge on any atom is 0.292 e. The molecule has 6 heteroatoms.